The van der Waals surface area contributed by atoms with Crippen LogP contribution in [-0.2, 0) is 14.1 Å². The van der Waals surface area contributed by atoms with E-state index in [1.165, 1.54) is 24.5 Å². The first-order chi connectivity index (χ1) is 13.3. The fourth-order valence-corrected chi connectivity index (χ4v) is 5.23. The Morgan fingerprint density at radius 3 is 2.25 bits per heavy atom. The molecule has 3 aromatic rings. The number of thioether (sulfide) groups is 1. The zero-order valence-corrected chi connectivity index (χ0v) is 17.5. The van der Waals surface area contributed by atoms with Crippen LogP contribution in [0.4, 0.5) is 0 Å². The van der Waals surface area contributed by atoms with Crippen molar-refractivity contribution < 1.29 is 0 Å². The van der Waals surface area contributed by atoms with Crippen LogP contribution in [0.1, 0.15) is 36.8 Å². The molecule has 6 nitrogen and oxygen atoms in total. The minimum Gasteiger partial charge on any atom is -0.280 e. The maximum absolute atomic E-state index is 12.9. The SMILES string of the molecule is Cc1cc(C)cc(-c2nc(SC3CCCC3)c3c(=O)n(C)c(=O)n(C)c3n2)c1. The molecule has 1 aliphatic rings. The van der Waals surface area contributed by atoms with Crippen molar-refractivity contribution >= 4 is 22.8 Å². The highest BCUT2D eigenvalue weighted by molar-refractivity contribution is 8.00. The highest BCUT2D eigenvalue weighted by Gasteiger charge is 2.23. The molecule has 2 aromatic heterocycles. The van der Waals surface area contributed by atoms with Gasteiger partial charge in [0.05, 0.1) is 0 Å². The maximum atomic E-state index is 12.9. The van der Waals surface area contributed by atoms with E-state index >= 15 is 0 Å². The highest BCUT2D eigenvalue weighted by Crippen LogP contribution is 2.36. The van der Waals surface area contributed by atoms with E-state index in [4.69, 9.17) is 4.98 Å². The summed E-state index contributed by atoms with van der Waals surface area (Å²) in [6, 6.07) is 6.18. The quantitative estimate of drug-likeness (QED) is 0.635. The van der Waals surface area contributed by atoms with Crippen molar-refractivity contribution in [3.63, 3.8) is 0 Å². The summed E-state index contributed by atoms with van der Waals surface area (Å²) in [5, 5.41) is 1.57. The molecule has 0 aliphatic heterocycles. The van der Waals surface area contributed by atoms with E-state index in [0.717, 1.165) is 34.1 Å². The lowest BCUT2D eigenvalue weighted by molar-refractivity contribution is 0.703. The minimum absolute atomic E-state index is 0.328. The van der Waals surface area contributed by atoms with E-state index in [1.54, 1.807) is 18.8 Å². The molecule has 28 heavy (non-hydrogen) atoms. The fourth-order valence-electron chi connectivity index (χ4n) is 3.91. The predicted octanol–water partition coefficient (Wildman–Crippen LogP) is 3.35. The molecule has 0 bridgehead atoms. The Morgan fingerprint density at radius 1 is 0.964 bits per heavy atom. The monoisotopic (exact) mass is 396 g/mol. The second kappa shape index (κ2) is 7.20. The van der Waals surface area contributed by atoms with E-state index in [1.807, 2.05) is 26.0 Å². The molecule has 0 spiro atoms. The summed E-state index contributed by atoms with van der Waals surface area (Å²) in [6.45, 7) is 4.08. The summed E-state index contributed by atoms with van der Waals surface area (Å²) < 4.78 is 2.59. The summed E-state index contributed by atoms with van der Waals surface area (Å²) in [6.07, 6.45) is 4.67. The second-order valence-corrected chi connectivity index (χ2v) is 8.95. The number of hydrogen-bond acceptors (Lipinski definition) is 5. The zero-order chi connectivity index (χ0) is 20.0. The first kappa shape index (κ1) is 18.9. The van der Waals surface area contributed by atoms with Crippen LogP contribution in [0, 0.1) is 13.8 Å². The summed E-state index contributed by atoms with van der Waals surface area (Å²) >= 11 is 1.66. The Kier molecular flexibility index (Phi) is 4.87. The summed E-state index contributed by atoms with van der Waals surface area (Å²) in [5.41, 5.74) is 2.85. The predicted molar refractivity (Wildman–Crippen MR) is 113 cm³/mol. The van der Waals surface area contributed by atoms with E-state index in [9.17, 15) is 9.59 Å². The molecule has 7 heteroatoms. The lowest BCUT2D eigenvalue weighted by atomic mass is 10.1. The average Bonchev–Trinajstić information content (AvgIpc) is 3.16. The van der Waals surface area contributed by atoms with Gasteiger partial charge in [0.15, 0.2) is 11.5 Å². The van der Waals surface area contributed by atoms with Crippen molar-refractivity contribution in [2.24, 2.45) is 14.1 Å². The van der Waals surface area contributed by atoms with Crippen LogP contribution in [-0.4, -0.2) is 24.4 Å². The molecule has 0 radical (unpaired) electrons. The van der Waals surface area contributed by atoms with Crippen molar-refractivity contribution in [1.82, 2.24) is 19.1 Å². The van der Waals surface area contributed by atoms with Gasteiger partial charge in [-0.2, -0.15) is 0 Å². The topological polar surface area (TPSA) is 69.8 Å². The number of aryl methyl sites for hydroxylation is 3. The van der Waals surface area contributed by atoms with Crippen LogP contribution < -0.4 is 11.2 Å². The Bertz CT molecular complexity index is 1170. The van der Waals surface area contributed by atoms with Gasteiger partial charge in [0.2, 0.25) is 0 Å². The van der Waals surface area contributed by atoms with Gasteiger partial charge in [0, 0.05) is 24.9 Å². The number of benzene rings is 1. The number of rotatable bonds is 3. The first-order valence-corrected chi connectivity index (χ1v) is 10.5. The normalized spacial score (nSPS) is 14.9. The van der Waals surface area contributed by atoms with Crippen LogP contribution in [0.3, 0.4) is 0 Å². The van der Waals surface area contributed by atoms with E-state index < -0.39 is 0 Å². The lowest BCUT2D eigenvalue weighted by Gasteiger charge is -2.14. The smallest absolute Gasteiger partial charge is 0.280 e. The lowest BCUT2D eigenvalue weighted by Crippen LogP contribution is -2.37. The fraction of sp³-hybridized carbons (Fsp3) is 0.429. The standard InChI is InChI=1S/C21H24N4O2S/c1-12-9-13(2)11-14(10-12)17-22-18-16(20(26)25(4)21(27)24(18)3)19(23-17)28-15-7-5-6-8-15/h9-11,15H,5-8H2,1-4H3. The third kappa shape index (κ3) is 3.28. The van der Waals surface area contributed by atoms with Crippen LogP contribution >= 0.6 is 11.8 Å². The van der Waals surface area contributed by atoms with E-state index in [-0.39, 0.29) is 11.2 Å². The van der Waals surface area contributed by atoms with E-state index in [2.05, 4.69) is 11.1 Å². The molecule has 0 unspecified atom stereocenters. The van der Waals surface area contributed by atoms with Crippen molar-refractivity contribution in [3.8, 4) is 11.4 Å². The number of hydrogen-bond donors (Lipinski definition) is 0. The largest absolute Gasteiger partial charge is 0.332 e. The van der Waals surface area contributed by atoms with Crippen LogP contribution in [0.5, 0.6) is 0 Å². The van der Waals surface area contributed by atoms with Crippen LogP contribution in [0.2, 0.25) is 0 Å². The summed E-state index contributed by atoms with van der Waals surface area (Å²) in [4.78, 5) is 34.8. The maximum Gasteiger partial charge on any atom is 0.332 e. The van der Waals surface area contributed by atoms with Crippen molar-refractivity contribution in [3.05, 3.63) is 50.2 Å². The van der Waals surface area contributed by atoms with Crippen molar-refractivity contribution in [2.75, 3.05) is 0 Å². The number of nitrogens with zero attached hydrogens (tertiary/aromatic N) is 4. The second-order valence-electron chi connectivity index (χ2n) is 7.66. The molecule has 1 fully saturated rings. The van der Waals surface area contributed by atoms with Gasteiger partial charge >= 0.3 is 5.69 Å². The molecule has 0 saturated heterocycles. The molecule has 146 valence electrons. The average molecular weight is 397 g/mol. The third-order valence-corrected chi connectivity index (χ3v) is 6.65. The van der Waals surface area contributed by atoms with Crippen LogP contribution in [0.25, 0.3) is 22.4 Å². The van der Waals surface area contributed by atoms with Gasteiger partial charge in [0.25, 0.3) is 5.56 Å². The highest BCUT2D eigenvalue weighted by atomic mass is 32.2. The van der Waals surface area contributed by atoms with Gasteiger partial charge < -0.3 is 0 Å². The molecule has 1 aromatic carbocycles. The Hall–Kier alpha value is -2.41. The van der Waals surface area contributed by atoms with Gasteiger partial charge in [-0.3, -0.25) is 13.9 Å². The Labute approximate surface area is 167 Å². The molecule has 0 amide bonds. The molecule has 2 heterocycles. The molecule has 0 N–H and O–H groups in total. The molecule has 1 aliphatic carbocycles. The molecule has 0 atom stereocenters. The van der Waals surface area contributed by atoms with Gasteiger partial charge in [-0.05, 0) is 38.8 Å². The Morgan fingerprint density at radius 2 is 1.61 bits per heavy atom. The Balaban J connectivity index is 2.02. The number of fused-ring (bicyclic) bond motifs is 1. The number of aromatic nitrogens is 4. The molecule has 1 saturated carbocycles. The van der Waals surface area contributed by atoms with Gasteiger partial charge in [0.1, 0.15) is 10.4 Å². The van der Waals surface area contributed by atoms with Gasteiger partial charge in [-0.1, -0.05) is 30.0 Å². The third-order valence-electron chi connectivity index (χ3n) is 5.33. The minimum atomic E-state index is -0.376. The van der Waals surface area contributed by atoms with Crippen molar-refractivity contribution in [1.29, 1.82) is 0 Å². The van der Waals surface area contributed by atoms with E-state index in [0.29, 0.717) is 27.1 Å². The van der Waals surface area contributed by atoms with Crippen molar-refractivity contribution in [2.45, 2.75) is 49.8 Å². The molecular weight excluding hydrogens is 372 g/mol. The summed E-state index contributed by atoms with van der Waals surface area (Å²) in [5.74, 6) is 0.558. The van der Waals surface area contributed by atoms with Gasteiger partial charge in [-0.25, -0.2) is 14.8 Å². The van der Waals surface area contributed by atoms with Gasteiger partial charge in [-0.15, -0.1) is 11.8 Å². The first-order valence-electron chi connectivity index (χ1n) is 9.58. The zero-order valence-electron chi connectivity index (χ0n) is 16.7. The molecule has 4 rings (SSSR count). The summed E-state index contributed by atoms with van der Waals surface area (Å²) in [7, 11) is 3.17. The molecular formula is C21H24N4O2S. The van der Waals surface area contributed by atoms with Crippen LogP contribution in [0.15, 0.2) is 32.8 Å².